The lowest BCUT2D eigenvalue weighted by Gasteiger charge is -2.28. The number of hydrogen-bond donors (Lipinski definition) is 1. The molecule has 0 unspecified atom stereocenters. The number of halogens is 1. The molecule has 1 aliphatic heterocycles. The van der Waals surface area contributed by atoms with Crippen LogP contribution in [0.3, 0.4) is 0 Å². The molecule has 1 aliphatic rings. The van der Waals surface area contributed by atoms with Crippen LogP contribution in [0.5, 0.6) is 0 Å². The lowest BCUT2D eigenvalue weighted by atomic mass is 10.2. The van der Waals surface area contributed by atoms with Gasteiger partial charge >= 0.3 is 0 Å². The Hall–Kier alpha value is -2.34. The van der Waals surface area contributed by atoms with E-state index in [2.05, 4.69) is 5.32 Å². The van der Waals surface area contributed by atoms with Crippen molar-refractivity contribution < 1.29 is 14.0 Å². The quantitative estimate of drug-likeness (QED) is 0.937. The number of rotatable bonds is 4. The van der Waals surface area contributed by atoms with Crippen LogP contribution in [0.2, 0.25) is 0 Å². The molecule has 0 bridgehead atoms. The highest BCUT2D eigenvalue weighted by Gasteiger charge is 2.26. The van der Waals surface area contributed by atoms with Crippen LogP contribution in [0, 0.1) is 5.82 Å². The Labute approximate surface area is 137 Å². The summed E-state index contributed by atoms with van der Waals surface area (Å²) < 4.78 is 13.5. The molecule has 0 atom stereocenters. The molecular formula is C17H15FN2O2S. The van der Waals surface area contributed by atoms with E-state index in [-0.39, 0.29) is 30.7 Å². The second-order valence-corrected chi connectivity index (χ2v) is 6.12. The zero-order valence-corrected chi connectivity index (χ0v) is 13.1. The monoisotopic (exact) mass is 330 g/mol. The summed E-state index contributed by atoms with van der Waals surface area (Å²) in [6.45, 7) is 0.0365. The molecule has 0 radical (unpaired) electrons. The Bertz CT molecular complexity index is 751. The molecule has 2 aromatic carbocycles. The number of para-hydroxylation sites is 1. The second kappa shape index (κ2) is 6.83. The van der Waals surface area contributed by atoms with Crippen molar-refractivity contribution in [1.82, 2.24) is 5.32 Å². The van der Waals surface area contributed by atoms with Crippen LogP contribution in [0.25, 0.3) is 0 Å². The van der Waals surface area contributed by atoms with Crippen molar-refractivity contribution in [3.05, 3.63) is 59.9 Å². The maximum atomic E-state index is 13.5. The average Bonchev–Trinajstić information content (AvgIpc) is 2.57. The van der Waals surface area contributed by atoms with E-state index in [9.17, 15) is 14.0 Å². The molecule has 118 valence electrons. The number of carbonyl (C=O) groups is 2. The van der Waals surface area contributed by atoms with E-state index in [0.717, 1.165) is 10.6 Å². The predicted molar refractivity (Wildman–Crippen MR) is 87.8 cm³/mol. The molecular weight excluding hydrogens is 315 g/mol. The molecule has 0 saturated heterocycles. The van der Waals surface area contributed by atoms with Crippen LogP contribution < -0.4 is 10.2 Å². The summed E-state index contributed by atoms with van der Waals surface area (Å²) in [5.74, 6) is -0.459. The number of benzene rings is 2. The first-order chi connectivity index (χ1) is 11.1. The fourth-order valence-electron chi connectivity index (χ4n) is 2.36. The van der Waals surface area contributed by atoms with Crippen LogP contribution in [0.1, 0.15) is 5.56 Å². The summed E-state index contributed by atoms with van der Waals surface area (Å²) in [6, 6.07) is 13.8. The number of fused-ring (bicyclic) bond motifs is 1. The Morgan fingerprint density at radius 3 is 2.74 bits per heavy atom. The minimum absolute atomic E-state index is 0.0646. The molecule has 2 aromatic rings. The topological polar surface area (TPSA) is 49.4 Å². The molecule has 1 N–H and O–H groups in total. The third-order valence-corrected chi connectivity index (χ3v) is 4.59. The van der Waals surface area contributed by atoms with Crippen molar-refractivity contribution in [1.29, 1.82) is 0 Å². The molecule has 3 rings (SSSR count). The Morgan fingerprint density at radius 2 is 1.91 bits per heavy atom. The van der Waals surface area contributed by atoms with Gasteiger partial charge in [-0.15, -0.1) is 11.8 Å². The summed E-state index contributed by atoms with van der Waals surface area (Å²) in [5, 5.41) is 2.66. The molecule has 4 nitrogen and oxygen atoms in total. The number of thioether (sulfide) groups is 1. The molecule has 0 aliphatic carbocycles. The third-order valence-electron chi connectivity index (χ3n) is 3.54. The Kier molecular flexibility index (Phi) is 4.62. The summed E-state index contributed by atoms with van der Waals surface area (Å²) in [6.07, 6.45) is 0. The van der Waals surface area contributed by atoms with Gasteiger partial charge in [-0.05, 0) is 18.2 Å². The molecule has 1 heterocycles. The molecule has 2 amide bonds. The van der Waals surface area contributed by atoms with Gasteiger partial charge in [0.15, 0.2) is 0 Å². The number of amides is 2. The summed E-state index contributed by atoms with van der Waals surface area (Å²) in [5.41, 5.74) is 1.16. The molecule has 0 aromatic heterocycles. The molecule has 0 saturated carbocycles. The van der Waals surface area contributed by atoms with E-state index < -0.39 is 0 Å². The van der Waals surface area contributed by atoms with E-state index in [1.54, 1.807) is 18.2 Å². The lowest BCUT2D eigenvalue weighted by Crippen LogP contribution is -2.43. The van der Waals surface area contributed by atoms with Gasteiger partial charge in [0.2, 0.25) is 11.8 Å². The van der Waals surface area contributed by atoms with E-state index >= 15 is 0 Å². The zero-order chi connectivity index (χ0) is 16.2. The number of nitrogens with one attached hydrogen (secondary N) is 1. The maximum Gasteiger partial charge on any atom is 0.240 e. The van der Waals surface area contributed by atoms with Gasteiger partial charge in [-0.2, -0.15) is 0 Å². The number of nitrogens with zero attached hydrogens (tertiary/aromatic N) is 1. The minimum atomic E-state index is -0.358. The van der Waals surface area contributed by atoms with Gasteiger partial charge in [0, 0.05) is 17.0 Å². The molecule has 0 spiro atoms. The molecule has 6 heteroatoms. The van der Waals surface area contributed by atoms with Crippen molar-refractivity contribution in [3.8, 4) is 0 Å². The molecule has 0 fully saturated rings. The number of hydrogen-bond acceptors (Lipinski definition) is 3. The van der Waals surface area contributed by atoms with E-state index in [1.165, 1.54) is 22.7 Å². The predicted octanol–water partition coefficient (Wildman–Crippen LogP) is 2.58. The Morgan fingerprint density at radius 1 is 1.17 bits per heavy atom. The summed E-state index contributed by atoms with van der Waals surface area (Å²) >= 11 is 1.47. The van der Waals surface area contributed by atoms with Crippen molar-refractivity contribution >= 4 is 29.3 Å². The van der Waals surface area contributed by atoms with Crippen molar-refractivity contribution in [2.45, 2.75) is 11.4 Å². The van der Waals surface area contributed by atoms with Crippen LogP contribution in [-0.4, -0.2) is 24.1 Å². The standard InChI is InChI=1S/C17H15FN2O2S/c18-13-6-2-1-5-12(13)9-19-16(21)10-20-14-7-3-4-8-15(14)23-11-17(20)22/h1-8H,9-11H2,(H,19,21). The van der Waals surface area contributed by atoms with Crippen LogP contribution in [0.15, 0.2) is 53.4 Å². The summed E-state index contributed by atoms with van der Waals surface area (Å²) in [7, 11) is 0. The normalized spacial score (nSPS) is 13.6. The highest BCUT2D eigenvalue weighted by molar-refractivity contribution is 8.00. The van der Waals surface area contributed by atoms with Crippen molar-refractivity contribution in [3.63, 3.8) is 0 Å². The minimum Gasteiger partial charge on any atom is -0.350 e. The van der Waals surface area contributed by atoms with Crippen LogP contribution >= 0.6 is 11.8 Å². The first kappa shape index (κ1) is 15.6. The van der Waals surface area contributed by atoms with Crippen LogP contribution in [0.4, 0.5) is 10.1 Å². The number of carbonyl (C=O) groups excluding carboxylic acids is 2. The van der Waals surface area contributed by atoms with Gasteiger partial charge < -0.3 is 10.2 Å². The van der Waals surface area contributed by atoms with E-state index in [4.69, 9.17) is 0 Å². The van der Waals surface area contributed by atoms with Crippen LogP contribution in [-0.2, 0) is 16.1 Å². The molecule has 23 heavy (non-hydrogen) atoms. The largest absolute Gasteiger partial charge is 0.350 e. The smallest absolute Gasteiger partial charge is 0.240 e. The first-order valence-corrected chi connectivity index (χ1v) is 8.16. The Balaban J connectivity index is 1.66. The maximum absolute atomic E-state index is 13.5. The fraction of sp³-hybridized carbons (Fsp3) is 0.176. The van der Waals surface area contributed by atoms with Gasteiger partial charge in [0.05, 0.1) is 11.4 Å². The van der Waals surface area contributed by atoms with Gasteiger partial charge in [0.25, 0.3) is 0 Å². The highest BCUT2D eigenvalue weighted by Crippen LogP contribution is 2.34. The summed E-state index contributed by atoms with van der Waals surface area (Å²) in [4.78, 5) is 26.7. The second-order valence-electron chi connectivity index (χ2n) is 5.10. The highest BCUT2D eigenvalue weighted by atomic mass is 32.2. The van der Waals surface area contributed by atoms with Gasteiger partial charge in [-0.1, -0.05) is 30.3 Å². The van der Waals surface area contributed by atoms with Gasteiger partial charge in [-0.25, -0.2) is 4.39 Å². The van der Waals surface area contributed by atoms with E-state index in [0.29, 0.717) is 11.3 Å². The van der Waals surface area contributed by atoms with Gasteiger partial charge in [-0.3, -0.25) is 9.59 Å². The number of anilines is 1. The van der Waals surface area contributed by atoms with Gasteiger partial charge in [0.1, 0.15) is 12.4 Å². The van der Waals surface area contributed by atoms with E-state index in [1.807, 2.05) is 24.3 Å². The van der Waals surface area contributed by atoms with Crippen molar-refractivity contribution in [2.75, 3.05) is 17.2 Å². The lowest BCUT2D eigenvalue weighted by molar-refractivity contribution is -0.123. The van der Waals surface area contributed by atoms with Crippen molar-refractivity contribution in [2.24, 2.45) is 0 Å². The average molecular weight is 330 g/mol. The first-order valence-electron chi connectivity index (χ1n) is 7.17. The fourth-order valence-corrected chi connectivity index (χ4v) is 3.30. The third kappa shape index (κ3) is 3.53. The zero-order valence-electron chi connectivity index (χ0n) is 12.3. The SMILES string of the molecule is O=C(CN1C(=O)CSc2ccccc21)NCc1ccccc1F.